The Kier molecular flexibility index (Phi) is 2.82. The van der Waals surface area contributed by atoms with E-state index in [9.17, 15) is 0 Å². The molecule has 1 heteroatoms. The van der Waals surface area contributed by atoms with Crippen molar-refractivity contribution in [2.45, 2.75) is 0 Å². The highest BCUT2D eigenvalue weighted by molar-refractivity contribution is 6.11. The van der Waals surface area contributed by atoms with E-state index in [2.05, 4.69) is 84.2 Å². The molecule has 0 spiro atoms. The summed E-state index contributed by atoms with van der Waals surface area (Å²) in [5.41, 5.74) is 2.29. The van der Waals surface area contributed by atoms with Gasteiger partial charge in [-0.25, -0.2) is 0 Å². The molecule has 1 nitrogen and oxygen atoms in total. The normalized spacial score (nSPS) is 10.9. The summed E-state index contributed by atoms with van der Waals surface area (Å²) < 4.78 is 0. The van der Waals surface area contributed by atoms with Gasteiger partial charge in [0, 0.05) is 16.5 Å². The number of para-hydroxylation sites is 1. The Morgan fingerprint density at radius 2 is 1.05 bits per heavy atom. The number of benzene rings is 4. The predicted molar refractivity (Wildman–Crippen MR) is 91.2 cm³/mol. The van der Waals surface area contributed by atoms with Crippen LogP contribution in [0, 0.1) is 0 Å². The third-order valence-electron chi connectivity index (χ3n) is 3.81. The highest BCUT2D eigenvalue weighted by Gasteiger charge is 2.07. The van der Waals surface area contributed by atoms with Gasteiger partial charge in [0.05, 0.1) is 5.69 Å². The molecule has 0 atom stereocenters. The number of hydrogen-bond donors (Lipinski definition) is 1. The average Bonchev–Trinajstić information content (AvgIpc) is 2.55. The third-order valence-corrected chi connectivity index (χ3v) is 3.81. The van der Waals surface area contributed by atoms with Crippen LogP contribution in [-0.4, -0.2) is 0 Å². The van der Waals surface area contributed by atoms with Gasteiger partial charge >= 0.3 is 0 Å². The molecule has 0 fully saturated rings. The molecule has 0 heterocycles. The molecule has 0 bridgehead atoms. The monoisotopic (exact) mass is 269 g/mol. The van der Waals surface area contributed by atoms with Crippen LogP contribution in [0.4, 0.5) is 11.4 Å². The SMILES string of the molecule is c1ccc(Nc2c3ccccc3cc3ccccc23)cc1. The fourth-order valence-corrected chi connectivity index (χ4v) is 2.81. The lowest BCUT2D eigenvalue weighted by Gasteiger charge is -2.13. The minimum atomic E-state index is 1.11. The summed E-state index contributed by atoms with van der Waals surface area (Å²) >= 11 is 0. The van der Waals surface area contributed by atoms with E-state index in [1.807, 2.05) is 6.07 Å². The fourth-order valence-electron chi connectivity index (χ4n) is 2.81. The molecule has 0 aliphatic heterocycles. The molecule has 0 aromatic heterocycles. The van der Waals surface area contributed by atoms with Crippen molar-refractivity contribution < 1.29 is 0 Å². The highest BCUT2D eigenvalue weighted by atomic mass is 14.9. The molecule has 1 N–H and O–H groups in total. The first-order chi connectivity index (χ1) is 10.4. The van der Waals surface area contributed by atoms with E-state index in [1.54, 1.807) is 0 Å². The van der Waals surface area contributed by atoms with Crippen LogP contribution in [0.3, 0.4) is 0 Å². The second-order valence-electron chi connectivity index (χ2n) is 5.18. The number of rotatable bonds is 2. The van der Waals surface area contributed by atoms with Crippen molar-refractivity contribution in [3.05, 3.63) is 84.9 Å². The van der Waals surface area contributed by atoms with Crippen LogP contribution < -0.4 is 5.32 Å². The van der Waals surface area contributed by atoms with E-state index < -0.39 is 0 Å². The summed E-state index contributed by atoms with van der Waals surface area (Å²) in [6, 6.07) is 29.6. The van der Waals surface area contributed by atoms with Gasteiger partial charge in [-0.1, -0.05) is 66.7 Å². The van der Waals surface area contributed by atoms with Crippen molar-refractivity contribution in [3.63, 3.8) is 0 Å². The first-order valence-corrected chi connectivity index (χ1v) is 7.14. The Labute approximate surface area is 123 Å². The Hall–Kier alpha value is -2.80. The van der Waals surface area contributed by atoms with E-state index in [1.165, 1.54) is 27.2 Å². The molecule has 0 amide bonds. The second-order valence-corrected chi connectivity index (χ2v) is 5.18. The largest absolute Gasteiger partial charge is 0.355 e. The number of fused-ring (bicyclic) bond motifs is 2. The Bertz CT molecular complexity index is 856. The lowest BCUT2D eigenvalue weighted by Crippen LogP contribution is -1.93. The maximum absolute atomic E-state index is 3.59. The van der Waals surface area contributed by atoms with E-state index in [-0.39, 0.29) is 0 Å². The van der Waals surface area contributed by atoms with Gasteiger partial charge < -0.3 is 5.32 Å². The van der Waals surface area contributed by atoms with Crippen LogP contribution in [0.15, 0.2) is 84.9 Å². The summed E-state index contributed by atoms with van der Waals surface area (Å²) in [4.78, 5) is 0. The number of nitrogens with one attached hydrogen (secondary N) is 1. The second kappa shape index (κ2) is 4.95. The fraction of sp³-hybridized carbons (Fsp3) is 0. The van der Waals surface area contributed by atoms with Gasteiger partial charge in [-0.15, -0.1) is 0 Å². The standard InChI is InChI=1S/C20H15N/c1-2-10-17(11-3-1)21-20-18-12-6-4-8-15(18)14-16-9-5-7-13-19(16)20/h1-14,21H. The molecule has 21 heavy (non-hydrogen) atoms. The van der Waals surface area contributed by atoms with Crippen molar-refractivity contribution in [2.24, 2.45) is 0 Å². The van der Waals surface area contributed by atoms with Crippen molar-refractivity contribution in [1.29, 1.82) is 0 Å². The van der Waals surface area contributed by atoms with Crippen molar-refractivity contribution in [1.82, 2.24) is 0 Å². The van der Waals surface area contributed by atoms with E-state index in [4.69, 9.17) is 0 Å². The van der Waals surface area contributed by atoms with Gasteiger partial charge in [-0.3, -0.25) is 0 Å². The average molecular weight is 269 g/mol. The molecule has 0 radical (unpaired) electrons. The van der Waals surface area contributed by atoms with Crippen LogP contribution in [0.1, 0.15) is 0 Å². The van der Waals surface area contributed by atoms with Crippen LogP contribution in [-0.2, 0) is 0 Å². The summed E-state index contributed by atoms with van der Waals surface area (Å²) in [6.45, 7) is 0. The zero-order valence-electron chi connectivity index (χ0n) is 11.6. The molecule has 4 aromatic rings. The summed E-state index contributed by atoms with van der Waals surface area (Å²) in [5.74, 6) is 0. The topological polar surface area (TPSA) is 12.0 Å². The minimum absolute atomic E-state index is 1.11. The molecular formula is C20H15N. The molecule has 4 aromatic carbocycles. The van der Waals surface area contributed by atoms with Crippen molar-refractivity contribution in [2.75, 3.05) is 5.32 Å². The Morgan fingerprint density at radius 3 is 1.67 bits per heavy atom. The van der Waals surface area contributed by atoms with E-state index in [0.29, 0.717) is 0 Å². The molecule has 100 valence electrons. The van der Waals surface area contributed by atoms with Gasteiger partial charge in [-0.2, -0.15) is 0 Å². The maximum atomic E-state index is 3.59. The van der Waals surface area contributed by atoms with Crippen LogP contribution in [0.5, 0.6) is 0 Å². The first kappa shape index (κ1) is 12.0. The Morgan fingerprint density at radius 1 is 0.524 bits per heavy atom. The summed E-state index contributed by atoms with van der Waals surface area (Å²) in [7, 11) is 0. The summed E-state index contributed by atoms with van der Waals surface area (Å²) in [6.07, 6.45) is 0. The lowest BCUT2D eigenvalue weighted by molar-refractivity contribution is 1.60. The molecule has 0 unspecified atom stereocenters. The minimum Gasteiger partial charge on any atom is -0.355 e. The van der Waals surface area contributed by atoms with Gasteiger partial charge in [0.25, 0.3) is 0 Å². The lowest BCUT2D eigenvalue weighted by atomic mass is 10.0. The smallest absolute Gasteiger partial charge is 0.0543 e. The van der Waals surface area contributed by atoms with Gasteiger partial charge in [0.15, 0.2) is 0 Å². The molecular weight excluding hydrogens is 254 g/mol. The first-order valence-electron chi connectivity index (χ1n) is 7.14. The summed E-state index contributed by atoms with van der Waals surface area (Å²) in [5, 5.41) is 8.61. The molecule has 0 aliphatic carbocycles. The van der Waals surface area contributed by atoms with Crippen molar-refractivity contribution >= 4 is 32.9 Å². The highest BCUT2D eigenvalue weighted by Crippen LogP contribution is 2.34. The third kappa shape index (κ3) is 2.13. The van der Waals surface area contributed by atoms with E-state index >= 15 is 0 Å². The van der Waals surface area contributed by atoms with Crippen LogP contribution in [0.2, 0.25) is 0 Å². The van der Waals surface area contributed by atoms with Crippen LogP contribution in [0.25, 0.3) is 21.5 Å². The molecule has 0 saturated heterocycles. The Balaban J connectivity index is 2.02. The van der Waals surface area contributed by atoms with Gasteiger partial charge in [0.1, 0.15) is 0 Å². The number of hydrogen-bond acceptors (Lipinski definition) is 1. The number of anilines is 2. The quantitative estimate of drug-likeness (QED) is 0.458. The van der Waals surface area contributed by atoms with Gasteiger partial charge in [-0.05, 0) is 29.0 Å². The van der Waals surface area contributed by atoms with E-state index in [0.717, 1.165) is 5.69 Å². The molecule has 0 aliphatic rings. The van der Waals surface area contributed by atoms with Gasteiger partial charge in [0.2, 0.25) is 0 Å². The van der Waals surface area contributed by atoms with Crippen molar-refractivity contribution in [3.8, 4) is 0 Å². The molecule has 0 saturated carbocycles. The zero-order valence-corrected chi connectivity index (χ0v) is 11.6. The predicted octanol–water partition coefficient (Wildman–Crippen LogP) is 5.74. The maximum Gasteiger partial charge on any atom is 0.0543 e. The zero-order chi connectivity index (χ0) is 14.1. The van der Waals surface area contributed by atoms with Crippen LogP contribution >= 0.6 is 0 Å². The molecule has 4 rings (SSSR count).